The molecule has 262 valence electrons. The Morgan fingerprint density at radius 3 is 2.18 bits per heavy atom. The zero-order chi connectivity index (χ0) is 36.1. The molecule has 0 unspecified atom stereocenters. The minimum absolute atomic E-state index is 0. The number of rotatable bonds is 11. The van der Waals surface area contributed by atoms with Crippen molar-refractivity contribution in [3.8, 4) is 0 Å². The second kappa shape index (κ2) is 14.8. The van der Waals surface area contributed by atoms with E-state index in [4.69, 9.17) is 4.84 Å². The molecule has 16 heteroatoms. The van der Waals surface area contributed by atoms with Crippen LogP contribution in [-0.2, 0) is 50.3 Å². The molecular weight excluding hydrogens is 714 g/mol. The number of carbonyl (C=O) groups is 3. The van der Waals surface area contributed by atoms with E-state index in [1.807, 2.05) is 57.5 Å². The van der Waals surface area contributed by atoms with Gasteiger partial charge in [0.2, 0.25) is 5.69 Å². The normalized spacial score (nSPS) is 19.0. The van der Waals surface area contributed by atoms with Gasteiger partial charge >= 0.3 is 57.4 Å². The molecule has 3 aliphatic rings. The van der Waals surface area contributed by atoms with E-state index >= 15 is 0 Å². The Morgan fingerprint density at radius 1 is 0.940 bits per heavy atom. The van der Waals surface area contributed by atoms with E-state index in [2.05, 4.69) is 4.90 Å². The smallest absolute Gasteiger partial charge is 0.744 e. The predicted octanol–water partition coefficient (Wildman–Crippen LogP) is 1.25. The summed E-state index contributed by atoms with van der Waals surface area (Å²) >= 11 is 0. The molecule has 1 saturated heterocycles. The molecule has 3 heterocycles. The second-order valence-corrected chi connectivity index (χ2v) is 16.2. The van der Waals surface area contributed by atoms with Gasteiger partial charge in [-0.3, -0.25) is 14.1 Å². The van der Waals surface area contributed by atoms with Crippen LogP contribution in [0.4, 0.5) is 11.4 Å². The van der Waals surface area contributed by atoms with Crippen molar-refractivity contribution < 1.29 is 101 Å². The number of imide groups is 1. The summed E-state index contributed by atoms with van der Waals surface area (Å²) in [5.41, 5.74) is 3.36. The first kappa shape index (κ1) is 40.2. The number of unbranched alkanes of at least 4 members (excludes halogenated alkanes) is 2. The first-order valence-corrected chi connectivity index (χ1v) is 18.7. The van der Waals surface area contributed by atoms with Gasteiger partial charge in [-0.2, -0.15) is 13.0 Å². The molecule has 3 aliphatic heterocycles. The predicted molar refractivity (Wildman–Crippen MR) is 178 cm³/mol. The Bertz CT molecular complexity index is 2050. The van der Waals surface area contributed by atoms with Crippen LogP contribution in [0.25, 0.3) is 0 Å². The summed E-state index contributed by atoms with van der Waals surface area (Å²) in [7, 11) is -7.21. The molecular formula is C34H39KN3O10S2+. The maximum atomic E-state index is 12.2. The molecule has 13 nitrogen and oxygen atoms in total. The fourth-order valence-corrected chi connectivity index (χ4v) is 7.78. The van der Waals surface area contributed by atoms with Crippen LogP contribution in [0.3, 0.4) is 0 Å². The van der Waals surface area contributed by atoms with E-state index in [1.165, 1.54) is 24.3 Å². The van der Waals surface area contributed by atoms with Crippen molar-refractivity contribution in [1.29, 1.82) is 0 Å². The van der Waals surface area contributed by atoms with Gasteiger partial charge in [-0.1, -0.05) is 26.3 Å². The van der Waals surface area contributed by atoms with Crippen LogP contribution in [0.5, 0.6) is 0 Å². The molecule has 1 fully saturated rings. The van der Waals surface area contributed by atoms with E-state index in [-0.39, 0.29) is 80.4 Å². The largest absolute Gasteiger partial charge is 1.00 e. The summed E-state index contributed by atoms with van der Waals surface area (Å²) in [4.78, 5) is 42.2. The molecule has 0 atom stereocenters. The number of hydrogen-bond donors (Lipinski definition) is 1. The number of carbonyl (C=O) groups excluding carboxylic acids is 3. The van der Waals surface area contributed by atoms with Crippen molar-refractivity contribution in [2.75, 3.05) is 18.5 Å². The van der Waals surface area contributed by atoms with Crippen LogP contribution in [0.1, 0.15) is 77.3 Å². The number of hydrogen-bond acceptors (Lipinski definition) is 10. The van der Waals surface area contributed by atoms with Crippen molar-refractivity contribution in [3.05, 3.63) is 71.5 Å². The molecule has 5 rings (SSSR count). The standard InChI is InChI=1S/C34H39N3O10S2.K/c1-33(2)24-20-22(48(41,42)43)13-15-26(24)35(5)28(33)10-9-11-29-34(3,4)25-21-23(49(44,45)46)14-16-27(25)36(29)19-8-6-7-12-32(40)47-37-30(38)17-18-31(37)39;/h9-11,13-16,20-21H,6-8,12,17-19H2,1-5H3,(H-,41,42,43,44,45,46);/q;+1. The number of benzene rings is 2. The first-order chi connectivity index (χ1) is 22.7. The van der Waals surface area contributed by atoms with Gasteiger partial charge in [0.1, 0.15) is 17.2 Å². The zero-order valence-corrected chi connectivity index (χ0v) is 33.7. The Kier molecular flexibility index (Phi) is 11.9. The third-order valence-corrected chi connectivity index (χ3v) is 11.1. The summed E-state index contributed by atoms with van der Waals surface area (Å²) in [5.74, 6) is -1.73. The van der Waals surface area contributed by atoms with E-state index in [0.717, 1.165) is 28.3 Å². The van der Waals surface area contributed by atoms with Gasteiger partial charge in [0, 0.05) is 60.3 Å². The average Bonchev–Trinajstić information content (AvgIpc) is 3.51. The van der Waals surface area contributed by atoms with Gasteiger partial charge in [-0.15, -0.1) is 5.06 Å². The van der Waals surface area contributed by atoms with E-state index in [0.29, 0.717) is 36.4 Å². The third kappa shape index (κ3) is 7.93. The first-order valence-electron chi connectivity index (χ1n) is 15.8. The SMILES string of the molecule is C[N+]1=C(C=CC=C2N(CCCCCC(=O)ON3C(=O)CCC3=O)c3ccc(S(=O)(=O)[O-])cc3C2(C)C)C(C)(C)c2cc(S(=O)(=O)O)ccc21.[K+]. The van der Waals surface area contributed by atoms with E-state index < -0.39 is 48.8 Å². The minimum atomic E-state index is -4.70. The number of anilines is 1. The number of fused-ring (bicyclic) bond motifs is 2. The second-order valence-electron chi connectivity index (χ2n) is 13.4. The Labute approximate surface area is 334 Å². The Balaban J connectivity index is 0.00000562. The van der Waals surface area contributed by atoms with Crippen LogP contribution >= 0.6 is 0 Å². The summed E-state index contributed by atoms with van der Waals surface area (Å²) in [5, 5.41) is 0.532. The molecule has 50 heavy (non-hydrogen) atoms. The van der Waals surface area contributed by atoms with Crippen molar-refractivity contribution in [3.63, 3.8) is 0 Å². The molecule has 0 spiro atoms. The quantitative estimate of drug-likeness (QED) is 0.115. The maximum absolute atomic E-state index is 12.2. The zero-order valence-electron chi connectivity index (χ0n) is 28.9. The van der Waals surface area contributed by atoms with Gasteiger partial charge in [0.05, 0.1) is 15.2 Å². The van der Waals surface area contributed by atoms with Gasteiger partial charge in [-0.25, -0.2) is 13.2 Å². The van der Waals surface area contributed by atoms with Gasteiger partial charge in [-0.05, 0) is 68.7 Å². The van der Waals surface area contributed by atoms with Crippen molar-refractivity contribution in [2.24, 2.45) is 0 Å². The summed E-state index contributed by atoms with van der Waals surface area (Å²) in [6, 6.07) is 8.83. The van der Waals surface area contributed by atoms with Crippen molar-refractivity contribution >= 4 is 55.1 Å². The minimum Gasteiger partial charge on any atom is -0.744 e. The van der Waals surface area contributed by atoms with Crippen LogP contribution in [0, 0.1) is 0 Å². The third-order valence-electron chi connectivity index (χ3n) is 9.42. The molecule has 0 aliphatic carbocycles. The Hall–Kier alpha value is -2.54. The van der Waals surface area contributed by atoms with E-state index in [9.17, 15) is 40.3 Å². The molecule has 2 aromatic rings. The molecule has 2 aromatic carbocycles. The fraction of sp³-hybridized carbons (Fsp3) is 0.412. The number of hydroxylamine groups is 2. The Morgan fingerprint density at radius 2 is 1.56 bits per heavy atom. The summed E-state index contributed by atoms with van der Waals surface area (Å²) in [6.45, 7) is 8.30. The van der Waals surface area contributed by atoms with Crippen LogP contribution < -0.4 is 56.3 Å². The summed E-state index contributed by atoms with van der Waals surface area (Å²) < 4.78 is 70.9. The number of amides is 2. The molecule has 2 amide bonds. The van der Waals surface area contributed by atoms with Gasteiger partial charge in [0.25, 0.3) is 21.9 Å². The molecule has 0 bridgehead atoms. The number of nitrogens with zero attached hydrogens (tertiary/aromatic N) is 3. The summed E-state index contributed by atoms with van der Waals surface area (Å²) in [6.07, 6.45) is 7.48. The molecule has 1 N–H and O–H groups in total. The monoisotopic (exact) mass is 752 g/mol. The van der Waals surface area contributed by atoms with Gasteiger partial charge in [0.15, 0.2) is 5.71 Å². The molecule has 0 aromatic heterocycles. The number of allylic oxidation sites excluding steroid dienone is 4. The van der Waals surface area contributed by atoms with Gasteiger partial charge < -0.3 is 14.3 Å². The average molecular weight is 753 g/mol. The topological polar surface area (TPSA) is 181 Å². The van der Waals surface area contributed by atoms with Crippen LogP contribution in [0.15, 0.2) is 70.1 Å². The maximum Gasteiger partial charge on any atom is 1.00 e. The van der Waals surface area contributed by atoms with Crippen LogP contribution in [-0.4, -0.2) is 72.7 Å². The molecule has 0 radical (unpaired) electrons. The van der Waals surface area contributed by atoms with Crippen molar-refractivity contribution in [2.45, 2.75) is 86.8 Å². The van der Waals surface area contributed by atoms with Crippen LogP contribution in [0.2, 0.25) is 0 Å². The molecule has 0 saturated carbocycles. The van der Waals surface area contributed by atoms with Crippen molar-refractivity contribution in [1.82, 2.24) is 5.06 Å². The van der Waals surface area contributed by atoms with E-state index in [1.54, 1.807) is 12.1 Å². The fourth-order valence-electron chi connectivity index (χ4n) is 6.78.